The standard InChI is InChI=1S/C19H34N2/c1-5-7-13-21(6-2)19-10-8-9-17(11-12-19)15-18(20)14-16(3)4/h8-10,12,16,18H,5-7,11,13-15,20H2,1-4H3. The second-order valence-electron chi connectivity index (χ2n) is 6.54. The molecule has 0 heterocycles. The smallest absolute Gasteiger partial charge is 0.0328 e. The van der Waals surface area contributed by atoms with Crippen LogP contribution in [0.1, 0.15) is 59.8 Å². The summed E-state index contributed by atoms with van der Waals surface area (Å²) in [6.45, 7) is 11.2. The van der Waals surface area contributed by atoms with Crippen molar-refractivity contribution < 1.29 is 0 Å². The van der Waals surface area contributed by atoms with Crippen molar-refractivity contribution in [3.05, 3.63) is 35.6 Å². The van der Waals surface area contributed by atoms with Crippen molar-refractivity contribution in [2.75, 3.05) is 13.1 Å². The van der Waals surface area contributed by atoms with Crippen LogP contribution in [0, 0.1) is 5.92 Å². The average Bonchev–Trinajstić information content (AvgIpc) is 2.65. The number of rotatable bonds is 9. The quantitative estimate of drug-likeness (QED) is 0.670. The minimum atomic E-state index is 0.293. The van der Waals surface area contributed by atoms with Gasteiger partial charge in [-0.1, -0.05) is 51.0 Å². The molecule has 2 N–H and O–H groups in total. The van der Waals surface area contributed by atoms with Gasteiger partial charge in [-0.2, -0.15) is 0 Å². The van der Waals surface area contributed by atoms with Crippen LogP contribution in [0.15, 0.2) is 35.6 Å². The minimum absolute atomic E-state index is 0.293. The highest BCUT2D eigenvalue weighted by Gasteiger charge is 2.10. The van der Waals surface area contributed by atoms with Crippen molar-refractivity contribution in [3.63, 3.8) is 0 Å². The third-order valence-corrected chi connectivity index (χ3v) is 4.00. The van der Waals surface area contributed by atoms with Crippen LogP contribution in [-0.4, -0.2) is 24.0 Å². The topological polar surface area (TPSA) is 29.3 Å². The number of nitrogens with zero attached hydrogens (tertiary/aromatic N) is 1. The van der Waals surface area contributed by atoms with E-state index in [4.69, 9.17) is 5.73 Å². The fraction of sp³-hybridized carbons (Fsp3) is 0.684. The minimum Gasteiger partial charge on any atom is -0.372 e. The van der Waals surface area contributed by atoms with E-state index in [0.717, 1.165) is 32.4 Å². The maximum Gasteiger partial charge on any atom is 0.0328 e. The number of hydrogen-bond donors (Lipinski definition) is 1. The third kappa shape index (κ3) is 6.99. The van der Waals surface area contributed by atoms with E-state index >= 15 is 0 Å². The fourth-order valence-electron chi connectivity index (χ4n) is 2.88. The second-order valence-corrected chi connectivity index (χ2v) is 6.54. The third-order valence-electron chi connectivity index (χ3n) is 4.00. The number of likely N-dealkylation sites (N-methyl/N-ethyl adjacent to an activating group) is 1. The molecule has 1 unspecified atom stereocenters. The van der Waals surface area contributed by atoms with Crippen LogP contribution < -0.4 is 5.73 Å². The van der Waals surface area contributed by atoms with Crippen molar-refractivity contribution in [2.24, 2.45) is 11.7 Å². The Morgan fingerprint density at radius 2 is 2.05 bits per heavy atom. The monoisotopic (exact) mass is 290 g/mol. The summed E-state index contributed by atoms with van der Waals surface area (Å²) in [5.41, 5.74) is 9.08. The Balaban J connectivity index is 2.57. The van der Waals surface area contributed by atoms with Gasteiger partial charge in [0.15, 0.2) is 0 Å². The molecular weight excluding hydrogens is 256 g/mol. The van der Waals surface area contributed by atoms with Gasteiger partial charge >= 0.3 is 0 Å². The molecule has 0 aliphatic heterocycles. The Morgan fingerprint density at radius 1 is 1.29 bits per heavy atom. The van der Waals surface area contributed by atoms with E-state index in [9.17, 15) is 0 Å². The molecule has 0 radical (unpaired) electrons. The molecule has 21 heavy (non-hydrogen) atoms. The van der Waals surface area contributed by atoms with Gasteiger partial charge in [-0.05, 0) is 44.6 Å². The first-order valence-electron chi connectivity index (χ1n) is 8.63. The van der Waals surface area contributed by atoms with E-state index in [0.29, 0.717) is 12.0 Å². The van der Waals surface area contributed by atoms with Crippen molar-refractivity contribution in [1.29, 1.82) is 0 Å². The van der Waals surface area contributed by atoms with Crippen molar-refractivity contribution in [1.82, 2.24) is 4.90 Å². The van der Waals surface area contributed by atoms with Crippen molar-refractivity contribution in [3.8, 4) is 0 Å². The predicted molar refractivity (Wildman–Crippen MR) is 94.1 cm³/mol. The highest BCUT2D eigenvalue weighted by atomic mass is 15.1. The normalized spacial score (nSPS) is 16.5. The summed E-state index contributed by atoms with van der Waals surface area (Å²) in [6.07, 6.45) is 14.8. The number of nitrogens with two attached hydrogens (primary N) is 1. The van der Waals surface area contributed by atoms with Gasteiger partial charge in [-0.25, -0.2) is 0 Å². The molecular formula is C19H34N2. The average molecular weight is 290 g/mol. The van der Waals surface area contributed by atoms with Gasteiger partial charge in [0, 0.05) is 24.8 Å². The summed E-state index contributed by atoms with van der Waals surface area (Å²) in [4.78, 5) is 2.48. The Hall–Kier alpha value is -1.02. The number of unbranched alkanes of at least 4 members (excludes halogenated alkanes) is 1. The molecule has 1 aliphatic rings. The van der Waals surface area contributed by atoms with Gasteiger partial charge < -0.3 is 10.6 Å². The highest BCUT2D eigenvalue weighted by Crippen LogP contribution is 2.20. The van der Waals surface area contributed by atoms with Gasteiger partial charge in [0.05, 0.1) is 0 Å². The molecule has 0 fully saturated rings. The maximum absolute atomic E-state index is 6.25. The Labute approximate surface area is 131 Å². The van der Waals surface area contributed by atoms with Crippen LogP contribution in [0.25, 0.3) is 0 Å². The zero-order valence-electron chi connectivity index (χ0n) is 14.4. The molecule has 1 rings (SSSR count). The van der Waals surface area contributed by atoms with Gasteiger partial charge in [0.2, 0.25) is 0 Å². The van der Waals surface area contributed by atoms with Crippen LogP contribution in [-0.2, 0) is 0 Å². The molecule has 0 aromatic carbocycles. The van der Waals surface area contributed by atoms with E-state index in [1.54, 1.807) is 0 Å². The Morgan fingerprint density at radius 3 is 2.67 bits per heavy atom. The summed E-state index contributed by atoms with van der Waals surface area (Å²) in [5.74, 6) is 0.678. The van der Waals surface area contributed by atoms with Crippen LogP contribution in [0.3, 0.4) is 0 Å². The molecule has 120 valence electrons. The summed E-state index contributed by atoms with van der Waals surface area (Å²) in [6, 6.07) is 0.293. The molecule has 0 bridgehead atoms. The lowest BCUT2D eigenvalue weighted by atomic mass is 9.96. The van der Waals surface area contributed by atoms with Crippen LogP contribution in [0.4, 0.5) is 0 Å². The van der Waals surface area contributed by atoms with Gasteiger partial charge in [-0.3, -0.25) is 0 Å². The lowest BCUT2D eigenvalue weighted by molar-refractivity contribution is 0.364. The van der Waals surface area contributed by atoms with Gasteiger partial charge in [0.1, 0.15) is 0 Å². The summed E-state index contributed by atoms with van der Waals surface area (Å²) < 4.78 is 0. The molecule has 2 nitrogen and oxygen atoms in total. The largest absolute Gasteiger partial charge is 0.372 e. The first-order chi connectivity index (χ1) is 10.1. The molecule has 0 spiro atoms. The van der Waals surface area contributed by atoms with E-state index in [-0.39, 0.29) is 0 Å². The Bertz CT molecular complexity index is 377. The van der Waals surface area contributed by atoms with Crippen molar-refractivity contribution >= 4 is 0 Å². The SMILES string of the molecule is CCCCN(CC)C1=CCC(CC(N)CC(C)C)=CC=C1. The number of allylic oxidation sites excluding steroid dienone is 4. The zero-order valence-corrected chi connectivity index (χ0v) is 14.4. The highest BCUT2D eigenvalue weighted by molar-refractivity contribution is 5.30. The lowest BCUT2D eigenvalue weighted by Crippen LogP contribution is -2.23. The van der Waals surface area contributed by atoms with E-state index in [2.05, 4.69) is 56.9 Å². The van der Waals surface area contributed by atoms with Crippen LogP contribution in [0.5, 0.6) is 0 Å². The molecule has 0 saturated heterocycles. The number of hydrogen-bond acceptors (Lipinski definition) is 2. The van der Waals surface area contributed by atoms with E-state index in [1.165, 1.54) is 24.1 Å². The van der Waals surface area contributed by atoms with Crippen LogP contribution in [0.2, 0.25) is 0 Å². The summed E-state index contributed by atoms with van der Waals surface area (Å²) in [7, 11) is 0. The van der Waals surface area contributed by atoms with Gasteiger partial charge in [-0.15, -0.1) is 0 Å². The Kier molecular flexibility index (Phi) is 8.44. The van der Waals surface area contributed by atoms with Gasteiger partial charge in [0.25, 0.3) is 0 Å². The van der Waals surface area contributed by atoms with E-state index < -0.39 is 0 Å². The summed E-state index contributed by atoms with van der Waals surface area (Å²) in [5, 5.41) is 0. The molecule has 0 amide bonds. The molecule has 0 aromatic heterocycles. The second kappa shape index (κ2) is 9.83. The first-order valence-corrected chi connectivity index (χ1v) is 8.63. The zero-order chi connectivity index (χ0) is 15.7. The predicted octanol–water partition coefficient (Wildman–Crippen LogP) is 4.64. The lowest BCUT2D eigenvalue weighted by Gasteiger charge is -2.24. The molecule has 1 atom stereocenters. The molecule has 0 saturated carbocycles. The summed E-state index contributed by atoms with van der Waals surface area (Å²) >= 11 is 0. The maximum atomic E-state index is 6.25. The van der Waals surface area contributed by atoms with E-state index in [1.807, 2.05) is 0 Å². The molecule has 0 aromatic rings. The van der Waals surface area contributed by atoms with Crippen LogP contribution >= 0.6 is 0 Å². The molecule has 1 aliphatic carbocycles. The fourth-order valence-corrected chi connectivity index (χ4v) is 2.88. The first kappa shape index (κ1) is 18.0. The molecule has 2 heteroatoms. The van der Waals surface area contributed by atoms with Crippen molar-refractivity contribution in [2.45, 2.75) is 65.8 Å².